The summed E-state index contributed by atoms with van der Waals surface area (Å²) in [4.78, 5) is 0. The molecule has 0 saturated carbocycles. The Morgan fingerprint density at radius 1 is 0.727 bits per heavy atom. The summed E-state index contributed by atoms with van der Waals surface area (Å²) in [6.07, 6.45) is -5.45. The van der Waals surface area contributed by atoms with Crippen molar-refractivity contribution in [3.63, 3.8) is 0 Å². The molecule has 1 nitrogen and oxygen atoms in total. The zero-order valence-electron chi connectivity index (χ0n) is 12.9. The molecular weight excluding hydrogens is 324 g/mol. The molecule has 0 aromatic carbocycles. The molecule has 0 aromatic rings. The molecule has 1 rings (SSSR count). The summed E-state index contributed by atoms with van der Waals surface area (Å²) < 4.78 is 116. The van der Waals surface area contributed by atoms with Crippen LogP contribution in [0.5, 0.6) is 0 Å². The number of ether oxygens (including phenoxy) is 1. The highest BCUT2D eigenvalue weighted by Gasteiger charge is 2.96. The Morgan fingerprint density at radius 3 is 1.32 bits per heavy atom. The molecule has 1 fully saturated rings. The van der Waals surface area contributed by atoms with E-state index in [1.54, 1.807) is 0 Å². The molecule has 0 amide bonds. The first kappa shape index (κ1) is 19.4. The zero-order chi connectivity index (χ0) is 18.2. The summed E-state index contributed by atoms with van der Waals surface area (Å²) >= 11 is 0. The van der Waals surface area contributed by atoms with E-state index in [0.717, 1.165) is 0 Å². The number of hydrogen-bond donors (Lipinski definition) is 0. The molecule has 0 N–H and O–H groups in total. The molecule has 1 aliphatic heterocycles. The van der Waals surface area contributed by atoms with Crippen molar-refractivity contribution in [1.82, 2.24) is 0 Å². The average Bonchev–Trinajstić information content (AvgIpc) is 2.33. The largest absolute Gasteiger partial charge is 0.399 e. The highest BCUT2D eigenvalue weighted by Crippen LogP contribution is 2.70. The van der Waals surface area contributed by atoms with E-state index in [1.807, 2.05) is 0 Å². The minimum Gasteiger partial charge on any atom is -0.269 e. The number of rotatable bonds is 1. The Bertz CT molecular complexity index is 462. The summed E-state index contributed by atoms with van der Waals surface area (Å²) in [7, 11) is 0. The molecule has 132 valence electrons. The van der Waals surface area contributed by atoms with Gasteiger partial charge in [0.25, 0.3) is 5.67 Å². The fourth-order valence-electron chi connectivity index (χ4n) is 2.37. The van der Waals surface area contributed by atoms with Crippen molar-refractivity contribution in [2.45, 2.75) is 71.0 Å². The number of alkyl halides is 8. The van der Waals surface area contributed by atoms with Gasteiger partial charge in [-0.3, -0.25) is 4.74 Å². The van der Waals surface area contributed by atoms with Gasteiger partial charge in [0.2, 0.25) is 0 Å². The maximum absolute atomic E-state index is 14.6. The van der Waals surface area contributed by atoms with Crippen molar-refractivity contribution in [2.24, 2.45) is 10.8 Å². The molecule has 22 heavy (non-hydrogen) atoms. The lowest BCUT2D eigenvalue weighted by atomic mass is 9.70. The van der Waals surface area contributed by atoms with Crippen LogP contribution in [0.25, 0.3) is 0 Å². The fourth-order valence-corrected chi connectivity index (χ4v) is 2.37. The molecule has 0 spiro atoms. The van der Waals surface area contributed by atoms with Crippen LogP contribution in [0.2, 0.25) is 0 Å². The molecule has 9 heteroatoms. The van der Waals surface area contributed by atoms with Gasteiger partial charge in [0.1, 0.15) is 0 Å². The van der Waals surface area contributed by atoms with Gasteiger partial charge in [-0.05, 0) is 0 Å². The van der Waals surface area contributed by atoms with Gasteiger partial charge in [-0.25, -0.2) is 4.39 Å². The van der Waals surface area contributed by atoms with Crippen LogP contribution in [0.15, 0.2) is 0 Å². The van der Waals surface area contributed by atoms with E-state index in [0.29, 0.717) is 41.5 Å². The van der Waals surface area contributed by atoms with Crippen LogP contribution in [0, 0.1) is 10.8 Å². The molecule has 1 saturated heterocycles. The van der Waals surface area contributed by atoms with Crippen molar-refractivity contribution in [3.05, 3.63) is 0 Å². The minimum absolute atomic E-state index is 0.624. The lowest BCUT2D eigenvalue weighted by Crippen LogP contribution is -2.67. The lowest BCUT2D eigenvalue weighted by Gasteiger charge is -2.43. The Morgan fingerprint density at radius 2 is 1.09 bits per heavy atom. The molecule has 2 unspecified atom stereocenters. The first-order valence-corrected chi connectivity index (χ1v) is 6.42. The Hall–Kier alpha value is -0.600. The first-order valence-electron chi connectivity index (χ1n) is 6.42. The minimum atomic E-state index is -5.79. The molecule has 0 aromatic heterocycles. The summed E-state index contributed by atoms with van der Waals surface area (Å²) in [6.45, 7) is 3.83. The third-order valence-electron chi connectivity index (χ3n) is 3.89. The lowest BCUT2D eigenvalue weighted by molar-refractivity contribution is -0.392. The van der Waals surface area contributed by atoms with Crippen LogP contribution in [0.4, 0.5) is 35.1 Å². The normalized spacial score (nSPS) is 35.7. The van der Waals surface area contributed by atoms with Crippen molar-refractivity contribution in [3.8, 4) is 0 Å². The van der Waals surface area contributed by atoms with E-state index in [-0.39, 0.29) is 0 Å². The van der Waals surface area contributed by atoms with Gasteiger partial charge in [0, 0.05) is 10.8 Å². The molecule has 2 atom stereocenters. The molecule has 1 heterocycles. The third kappa shape index (κ3) is 1.86. The van der Waals surface area contributed by atoms with Gasteiger partial charge in [-0.1, -0.05) is 41.5 Å². The van der Waals surface area contributed by atoms with Crippen LogP contribution in [-0.4, -0.2) is 29.5 Å². The van der Waals surface area contributed by atoms with Gasteiger partial charge in [-0.15, -0.1) is 0 Å². The van der Waals surface area contributed by atoms with Crippen LogP contribution >= 0.6 is 0 Å². The van der Waals surface area contributed by atoms with Crippen LogP contribution in [-0.2, 0) is 4.74 Å². The summed E-state index contributed by atoms with van der Waals surface area (Å²) in [5.41, 5.74) is -10.1. The van der Waals surface area contributed by atoms with Crippen molar-refractivity contribution in [1.29, 1.82) is 0 Å². The predicted octanol–water partition coefficient (Wildman–Crippen LogP) is 5.35. The number of halogens is 8. The summed E-state index contributed by atoms with van der Waals surface area (Å²) in [5, 5.41) is 0. The van der Waals surface area contributed by atoms with Gasteiger partial charge in [-0.2, -0.15) is 30.7 Å². The SMILES string of the molecule is CC(C)(C)C(F)(F)C1(F)OC(F)(F)C(F)(C(C)(C)C)C1(F)F. The second-order valence-corrected chi connectivity index (χ2v) is 7.52. The molecule has 0 bridgehead atoms. The van der Waals surface area contributed by atoms with E-state index in [1.165, 1.54) is 0 Å². The smallest absolute Gasteiger partial charge is 0.269 e. The Balaban J connectivity index is 3.72. The molecule has 1 aliphatic rings. The molecule has 0 aliphatic carbocycles. The maximum atomic E-state index is 14.6. The van der Waals surface area contributed by atoms with Crippen molar-refractivity contribution < 1.29 is 39.9 Å². The third-order valence-corrected chi connectivity index (χ3v) is 3.89. The van der Waals surface area contributed by atoms with Gasteiger partial charge >= 0.3 is 23.8 Å². The Kier molecular flexibility index (Phi) is 3.78. The molecule has 0 radical (unpaired) electrons. The van der Waals surface area contributed by atoms with Gasteiger partial charge in [0.15, 0.2) is 0 Å². The maximum Gasteiger partial charge on any atom is 0.399 e. The van der Waals surface area contributed by atoms with Crippen LogP contribution in [0.1, 0.15) is 41.5 Å². The topological polar surface area (TPSA) is 9.23 Å². The van der Waals surface area contributed by atoms with Crippen LogP contribution < -0.4 is 0 Å². The average molecular weight is 342 g/mol. The quantitative estimate of drug-likeness (QED) is 0.584. The van der Waals surface area contributed by atoms with E-state index < -0.39 is 40.3 Å². The van der Waals surface area contributed by atoms with E-state index >= 15 is 0 Å². The highest BCUT2D eigenvalue weighted by atomic mass is 19.3. The fraction of sp³-hybridized carbons (Fsp3) is 1.00. The summed E-state index contributed by atoms with van der Waals surface area (Å²) in [6, 6.07) is 0. The van der Waals surface area contributed by atoms with Gasteiger partial charge in [0.05, 0.1) is 0 Å². The first-order chi connectivity index (χ1) is 9.21. The second-order valence-electron chi connectivity index (χ2n) is 7.52. The van der Waals surface area contributed by atoms with Crippen molar-refractivity contribution >= 4 is 0 Å². The van der Waals surface area contributed by atoms with Gasteiger partial charge < -0.3 is 0 Å². The van der Waals surface area contributed by atoms with E-state index in [9.17, 15) is 35.1 Å². The Labute approximate surface area is 123 Å². The van der Waals surface area contributed by atoms with E-state index in [2.05, 4.69) is 4.74 Å². The van der Waals surface area contributed by atoms with E-state index in [4.69, 9.17) is 0 Å². The predicted molar refractivity (Wildman–Crippen MR) is 62.5 cm³/mol. The number of hydrogen-bond acceptors (Lipinski definition) is 1. The monoisotopic (exact) mass is 342 g/mol. The zero-order valence-corrected chi connectivity index (χ0v) is 12.9. The standard InChI is InChI=1S/C13H18F8O/c1-7(2,3)9(14)11(17,18)12(19,22-13(9,20)21)10(15,16)8(4,5)6/h1-6H3. The van der Waals surface area contributed by atoms with Crippen LogP contribution in [0.3, 0.4) is 0 Å². The molecular formula is C13H18F8O. The van der Waals surface area contributed by atoms with Crippen molar-refractivity contribution in [2.75, 3.05) is 0 Å². The highest BCUT2D eigenvalue weighted by molar-refractivity contribution is 5.22. The summed E-state index contributed by atoms with van der Waals surface area (Å²) in [5.74, 6) is -16.4. The second kappa shape index (κ2) is 4.27.